The average Bonchev–Trinajstić information content (AvgIpc) is 2.49. The molecule has 0 atom stereocenters. The topological polar surface area (TPSA) is 64.1 Å². The van der Waals surface area contributed by atoms with Gasteiger partial charge in [-0.3, -0.25) is 4.79 Å². The molecule has 1 amide bonds. The fourth-order valence-electron chi connectivity index (χ4n) is 2.01. The summed E-state index contributed by atoms with van der Waals surface area (Å²) in [5.41, 5.74) is 1.26. The number of fused-ring (bicyclic) bond motifs is 1. The Balaban J connectivity index is 1.89. The van der Waals surface area contributed by atoms with Crippen molar-refractivity contribution in [1.82, 2.24) is 9.97 Å². The maximum absolute atomic E-state index is 13.4. The minimum Gasteiger partial charge on any atom is -0.438 e. The van der Waals surface area contributed by atoms with Gasteiger partial charge >= 0.3 is 0 Å². The number of nitrogens with one attached hydrogen (secondary N) is 1. The Labute approximate surface area is 125 Å². The third-order valence-electron chi connectivity index (χ3n) is 2.95. The normalized spacial score (nSPS) is 10.5. The van der Waals surface area contributed by atoms with Crippen molar-refractivity contribution in [1.29, 1.82) is 0 Å². The van der Waals surface area contributed by atoms with Crippen molar-refractivity contribution < 1.29 is 13.9 Å². The molecule has 0 unspecified atom stereocenters. The molecule has 0 bridgehead atoms. The Bertz CT molecular complexity index is 834. The third-order valence-corrected chi connectivity index (χ3v) is 2.95. The highest BCUT2D eigenvalue weighted by Gasteiger charge is 2.07. The van der Waals surface area contributed by atoms with Crippen LogP contribution in [0.4, 0.5) is 10.1 Å². The maximum atomic E-state index is 13.4. The van der Waals surface area contributed by atoms with Gasteiger partial charge < -0.3 is 10.1 Å². The van der Waals surface area contributed by atoms with Crippen LogP contribution in [0.1, 0.15) is 6.92 Å². The molecule has 22 heavy (non-hydrogen) atoms. The number of hydrogen-bond donors (Lipinski definition) is 1. The number of aromatic nitrogens is 2. The largest absolute Gasteiger partial charge is 0.438 e. The molecule has 3 aromatic rings. The minimum atomic E-state index is -0.381. The summed E-state index contributed by atoms with van der Waals surface area (Å²) in [6.45, 7) is 1.44. The molecule has 0 fully saturated rings. The van der Waals surface area contributed by atoms with Gasteiger partial charge in [-0.2, -0.15) is 0 Å². The first-order valence-electron chi connectivity index (χ1n) is 6.57. The summed E-state index contributed by atoms with van der Waals surface area (Å²) in [6, 6.07) is 11.0. The first-order valence-corrected chi connectivity index (χ1v) is 6.57. The number of hydrogen-bond acceptors (Lipinski definition) is 4. The second-order valence-electron chi connectivity index (χ2n) is 4.65. The molecule has 0 saturated heterocycles. The van der Waals surface area contributed by atoms with Crippen LogP contribution in [-0.2, 0) is 4.79 Å². The predicted molar refractivity (Wildman–Crippen MR) is 80.3 cm³/mol. The van der Waals surface area contributed by atoms with E-state index in [9.17, 15) is 9.18 Å². The molecule has 0 aliphatic carbocycles. The molecule has 0 saturated carbocycles. The summed E-state index contributed by atoms with van der Waals surface area (Å²) in [7, 11) is 0. The van der Waals surface area contributed by atoms with E-state index in [0.717, 1.165) is 0 Å². The molecular weight excluding hydrogens is 285 g/mol. The highest BCUT2D eigenvalue weighted by molar-refractivity contribution is 5.88. The van der Waals surface area contributed by atoms with Gasteiger partial charge in [-0.25, -0.2) is 14.4 Å². The van der Waals surface area contributed by atoms with Gasteiger partial charge in [-0.05, 0) is 42.5 Å². The van der Waals surface area contributed by atoms with E-state index in [2.05, 4.69) is 15.3 Å². The van der Waals surface area contributed by atoms with Crippen molar-refractivity contribution in [3.8, 4) is 11.6 Å². The van der Waals surface area contributed by atoms with Crippen LogP contribution in [0, 0.1) is 5.82 Å². The van der Waals surface area contributed by atoms with Crippen LogP contribution in [0.15, 0.2) is 48.8 Å². The summed E-state index contributed by atoms with van der Waals surface area (Å²) in [6.07, 6.45) is 1.36. The summed E-state index contributed by atoms with van der Waals surface area (Å²) < 4.78 is 19.1. The summed E-state index contributed by atoms with van der Waals surface area (Å²) in [4.78, 5) is 19.1. The second kappa shape index (κ2) is 5.77. The van der Waals surface area contributed by atoms with Crippen LogP contribution in [0.25, 0.3) is 10.9 Å². The van der Waals surface area contributed by atoms with E-state index in [1.807, 2.05) is 0 Å². The first-order chi connectivity index (χ1) is 10.6. The van der Waals surface area contributed by atoms with E-state index in [1.165, 1.54) is 25.4 Å². The van der Waals surface area contributed by atoms with E-state index in [1.54, 1.807) is 30.3 Å². The molecule has 3 rings (SSSR count). The first kappa shape index (κ1) is 13.9. The number of benzene rings is 2. The number of anilines is 1. The number of nitrogens with zero attached hydrogens (tertiary/aromatic N) is 2. The monoisotopic (exact) mass is 297 g/mol. The third kappa shape index (κ3) is 3.01. The molecule has 1 heterocycles. The summed E-state index contributed by atoms with van der Waals surface area (Å²) >= 11 is 0. The minimum absolute atomic E-state index is 0.147. The quantitative estimate of drug-likeness (QED) is 0.803. The van der Waals surface area contributed by atoms with Crippen molar-refractivity contribution >= 4 is 22.5 Å². The lowest BCUT2D eigenvalue weighted by Crippen LogP contribution is -2.05. The van der Waals surface area contributed by atoms with Crippen LogP contribution in [0.5, 0.6) is 11.6 Å². The van der Waals surface area contributed by atoms with E-state index in [4.69, 9.17) is 4.74 Å². The van der Waals surface area contributed by atoms with Crippen molar-refractivity contribution in [3.63, 3.8) is 0 Å². The molecule has 0 radical (unpaired) electrons. The molecule has 6 heteroatoms. The zero-order valence-electron chi connectivity index (χ0n) is 11.7. The number of amides is 1. The van der Waals surface area contributed by atoms with Crippen LogP contribution in [0.2, 0.25) is 0 Å². The number of halogens is 1. The molecule has 0 aliphatic heterocycles. The highest BCUT2D eigenvalue weighted by atomic mass is 19.1. The predicted octanol–water partition coefficient (Wildman–Crippen LogP) is 3.52. The van der Waals surface area contributed by atoms with Crippen molar-refractivity contribution in [3.05, 3.63) is 54.6 Å². The van der Waals surface area contributed by atoms with Gasteiger partial charge in [0.15, 0.2) is 0 Å². The maximum Gasteiger partial charge on any atom is 0.230 e. The van der Waals surface area contributed by atoms with Crippen LogP contribution >= 0.6 is 0 Å². The molecular formula is C16H12FN3O2. The lowest BCUT2D eigenvalue weighted by molar-refractivity contribution is -0.114. The zero-order valence-corrected chi connectivity index (χ0v) is 11.7. The van der Waals surface area contributed by atoms with Crippen molar-refractivity contribution in [2.24, 2.45) is 0 Å². The van der Waals surface area contributed by atoms with Gasteiger partial charge in [0.25, 0.3) is 0 Å². The fraction of sp³-hybridized carbons (Fsp3) is 0.0625. The van der Waals surface area contributed by atoms with E-state index in [-0.39, 0.29) is 17.6 Å². The fourth-order valence-corrected chi connectivity index (χ4v) is 2.01. The molecule has 110 valence electrons. The highest BCUT2D eigenvalue weighted by Crippen LogP contribution is 2.27. The lowest BCUT2D eigenvalue weighted by atomic mass is 10.2. The number of ether oxygens (including phenoxy) is 1. The molecule has 1 aromatic heterocycles. The van der Waals surface area contributed by atoms with Gasteiger partial charge in [0.2, 0.25) is 11.8 Å². The lowest BCUT2D eigenvalue weighted by Gasteiger charge is -2.08. The molecule has 0 aliphatic rings. The van der Waals surface area contributed by atoms with Crippen LogP contribution in [-0.4, -0.2) is 15.9 Å². The smallest absolute Gasteiger partial charge is 0.230 e. The van der Waals surface area contributed by atoms with E-state index in [0.29, 0.717) is 22.3 Å². The Kier molecular flexibility index (Phi) is 3.65. The average molecular weight is 297 g/mol. The Morgan fingerprint density at radius 2 is 1.91 bits per heavy atom. The van der Waals surface area contributed by atoms with Gasteiger partial charge in [-0.1, -0.05) is 0 Å². The number of carbonyl (C=O) groups is 1. The van der Waals surface area contributed by atoms with Crippen LogP contribution in [0.3, 0.4) is 0 Å². The standard InChI is InChI=1S/C16H12FN3O2/c1-10(21)20-12-3-5-13(6-4-12)22-16-14-8-11(17)2-7-15(14)18-9-19-16/h2-9H,1H3,(H,20,21). The SMILES string of the molecule is CC(=O)Nc1ccc(Oc2ncnc3ccc(F)cc23)cc1. The molecule has 0 spiro atoms. The molecule has 5 nitrogen and oxygen atoms in total. The Morgan fingerprint density at radius 1 is 1.14 bits per heavy atom. The van der Waals surface area contributed by atoms with Gasteiger partial charge in [0.1, 0.15) is 17.9 Å². The Hall–Kier alpha value is -3.02. The van der Waals surface area contributed by atoms with Crippen molar-refractivity contribution in [2.45, 2.75) is 6.92 Å². The second-order valence-corrected chi connectivity index (χ2v) is 4.65. The summed E-state index contributed by atoms with van der Waals surface area (Å²) in [5, 5.41) is 3.16. The zero-order chi connectivity index (χ0) is 15.5. The van der Waals surface area contributed by atoms with Gasteiger partial charge in [-0.15, -0.1) is 0 Å². The van der Waals surface area contributed by atoms with Gasteiger partial charge in [0, 0.05) is 12.6 Å². The number of rotatable bonds is 3. The molecule has 2 aromatic carbocycles. The van der Waals surface area contributed by atoms with Crippen molar-refractivity contribution in [2.75, 3.05) is 5.32 Å². The number of carbonyl (C=O) groups excluding carboxylic acids is 1. The van der Waals surface area contributed by atoms with E-state index < -0.39 is 0 Å². The summed E-state index contributed by atoms with van der Waals surface area (Å²) in [5.74, 6) is 0.272. The van der Waals surface area contributed by atoms with Crippen LogP contribution < -0.4 is 10.1 Å². The molecule has 1 N–H and O–H groups in total. The van der Waals surface area contributed by atoms with Gasteiger partial charge in [0.05, 0.1) is 10.9 Å². The Morgan fingerprint density at radius 3 is 2.64 bits per heavy atom. The van der Waals surface area contributed by atoms with E-state index >= 15 is 0 Å².